The van der Waals surface area contributed by atoms with Gasteiger partial charge in [-0.25, -0.2) is 9.78 Å². The molecule has 0 aromatic carbocycles. The van der Waals surface area contributed by atoms with Gasteiger partial charge in [0.05, 0.1) is 12.5 Å². The summed E-state index contributed by atoms with van der Waals surface area (Å²) < 4.78 is 11.0. The number of aliphatic hydroxyl groups is 1. The fourth-order valence-electron chi connectivity index (χ4n) is 3.91. The Hall–Kier alpha value is -3.79. The largest absolute Gasteiger partial charge is 0.457 e. The summed E-state index contributed by atoms with van der Waals surface area (Å²) in [7, 11) is 0. The first-order valence-corrected chi connectivity index (χ1v) is 12.3. The van der Waals surface area contributed by atoms with Crippen LogP contribution in [0.1, 0.15) is 56.4 Å². The van der Waals surface area contributed by atoms with Gasteiger partial charge in [-0.15, -0.1) is 0 Å². The average molecular weight is 512 g/mol. The topological polar surface area (TPSA) is 139 Å². The lowest BCUT2D eigenvalue weighted by molar-refractivity contribution is -0.147. The Bertz CT molecular complexity index is 1140. The zero-order valence-electron chi connectivity index (χ0n) is 21.3. The molecule has 37 heavy (non-hydrogen) atoms. The highest BCUT2D eigenvalue weighted by Gasteiger charge is 2.32. The van der Waals surface area contributed by atoms with E-state index in [4.69, 9.17) is 9.15 Å². The average Bonchev–Trinajstić information content (AvgIpc) is 3.50. The predicted molar refractivity (Wildman–Crippen MR) is 134 cm³/mol. The molecule has 2 N–H and O–H groups in total. The fraction of sp³-hybridized carbons (Fsp3) is 0.444. The molecule has 1 aromatic rings. The number of nitrogens with zero attached hydrogens (tertiary/aromatic N) is 2. The molecule has 0 radical (unpaired) electrons. The molecule has 1 aromatic heterocycles. The van der Waals surface area contributed by atoms with Gasteiger partial charge in [-0.2, -0.15) is 0 Å². The summed E-state index contributed by atoms with van der Waals surface area (Å²) in [5.74, 6) is -1.77. The van der Waals surface area contributed by atoms with Gasteiger partial charge in [0.25, 0.3) is 5.91 Å². The van der Waals surface area contributed by atoms with Crippen molar-refractivity contribution >= 4 is 23.6 Å². The molecule has 2 bridgehead atoms. The molecule has 2 aliphatic rings. The number of ketones is 1. The Morgan fingerprint density at radius 2 is 1.95 bits per heavy atom. The predicted octanol–water partition coefficient (Wildman–Crippen LogP) is 2.41. The molecule has 1 unspecified atom stereocenters. The first kappa shape index (κ1) is 27.8. The minimum Gasteiger partial charge on any atom is -0.457 e. The van der Waals surface area contributed by atoms with Crippen molar-refractivity contribution in [3.63, 3.8) is 0 Å². The molecular formula is C27H33N3O7. The van der Waals surface area contributed by atoms with E-state index in [1.165, 1.54) is 11.0 Å². The van der Waals surface area contributed by atoms with Crippen LogP contribution in [0.15, 0.2) is 58.4 Å². The highest BCUT2D eigenvalue weighted by Crippen LogP contribution is 2.22. The molecule has 10 nitrogen and oxygen atoms in total. The smallest absolute Gasteiger partial charge is 0.355 e. The normalized spacial score (nSPS) is 23.8. The molecule has 3 heterocycles. The first-order valence-electron chi connectivity index (χ1n) is 12.3. The number of hydrogen-bond acceptors (Lipinski definition) is 8. The maximum absolute atomic E-state index is 13.1. The van der Waals surface area contributed by atoms with E-state index in [-0.39, 0.29) is 60.8 Å². The molecule has 0 saturated carbocycles. The van der Waals surface area contributed by atoms with Crippen LogP contribution in [0.5, 0.6) is 0 Å². The monoisotopic (exact) mass is 511 g/mol. The Balaban J connectivity index is 1.83. The minimum absolute atomic E-state index is 0.0269. The number of allylic oxidation sites excluding steroid dienone is 2. The third-order valence-electron chi connectivity index (χ3n) is 5.86. The molecule has 2 amide bonds. The van der Waals surface area contributed by atoms with Crippen LogP contribution >= 0.6 is 0 Å². The summed E-state index contributed by atoms with van der Waals surface area (Å²) in [5.41, 5.74) is 0.814. The molecule has 198 valence electrons. The summed E-state index contributed by atoms with van der Waals surface area (Å²) in [6.45, 7) is 6.13. The zero-order valence-corrected chi connectivity index (χ0v) is 21.3. The number of aliphatic hydroxyl groups excluding tert-OH is 1. The number of fused-ring (bicyclic) bond motifs is 3. The van der Waals surface area contributed by atoms with Crippen molar-refractivity contribution in [2.45, 2.75) is 58.7 Å². The van der Waals surface area contributed by atoms with Gasteiger partial charge in [-0.1, -0.05) is 49.8 Å². The highest BCUT2D eigenvalue weighted by atomic mass is 16.5. The van der Waals surface area contributed by atoms with Gasteiger partial charge in [0.2, 0.25) is 11.8 Å². The number of carbonyl (C=O) groups excluding carboxylic acids is 4. The Labute approximate surface area is 215 Å². The lowest BCUT2D eigenvalue weighted by atomic mass is 10.0. The third-order valence-corrected chi connectivity index (χ3v) is 5.86. The van der Waals surface area contributed by atoms with E-state index in [0.29, 0.717) is 12.8 Å². The molecular weight excluding hydrogens is 478 g/mol. The van der Waals surface area contributed by atoms with Crippen molar-refractivity contribution < 1.29 is 33.4 Å². The van der Waals surface area contributed by atoms with E-state index < -0.39 is 24.1 Å². The zero-order chi connectivity index (χ0) is 26.9. The standard InChI is InChI=1S/C27H33N3O7/c1-17(2)23-9-4-10-24(33)28-11-5-7-18(3)13-19(31)14-20(32)15-25-29-21(16-36-25)26(34)30-12-6-8-22(30)27(35)37-23/h4-5,7-8,10,13,16-17,19,23,31H,6,9,11-12,14-15H2,1-3H3,(H,28,33)/b7-5?,10-4+,18-13?/t19-,23?/m1/s1. The number of rotatable bonds is 1. The molecule has 0 fully saturated rings. The highest BCUT2D eigenvalue weighted by molar-refractivity contribution is 6.00. The van der Waals surface area contributed by atoms with Crippen molar-refractivity contribution in [2.75, 3.05) is 13.1 Å². The van der Waals surface area contributed by atoms with Crippen LogP contribution < -0.4 is 5.32 Å². The summed E-state index contributed by atoms with van der Waals surface area (Å²) in [6, 6.07) is 0. The number of hydrogen-bond donors (Lipinski definition) is 2. The van der Waals surface area contributed by atoms with Crippen molar-refractivity contribution in [1.82, 2.24) is 15.2 Å². The van der Waals surface area contributed by atoms with Gasteiger partial charge in [0, 0.05) is 25.9 Å². The number of ether oxygens (including phenoxy) is 1. The number of oxazole rings is 1. The number of amides is 2. The second-order valence-electron chi connectivity index (χ2n) is 9.33. The molecule has 0 spiro atoms. The molecule has 2 aliphatic heterocycles. The van der Waals surface area contributed by atoms with Gasteiger partial charge in [-0.3, -0.25) is 14.4 Å². The van der Waals surface area contributed by atoms with Gasteiger partial charge >= 0.3 is 5.97 Å². The van der Waals surface area contributed by atoms with Crippen LogP contribution in [-0.2, 0) is 25.5 Å². The number of aromatic nitrogens is 1. The van der Waals surface area contributed by atoms with Crippen molar-refractivity contribution in [1.29, 1.82) is 0 Å². The Kier molecular flexibility index (Phi) is 9.73. The SMILES string of the molecule is CC1=C[C@@H](O)CC(=O)Cc2nc(co2)C(=O)N2CCC=C2C(=O)OC(C(C)C)C/C=C/C(=O)NCC=C1. The van der Waals surface area contributed by atoms with Crippen LogP contribution in [0.4, 0.5) is 0 Å². The molecule has 3 rings (SSSR count). The van der Waals surface area contributed by atoms with Crippen LogP contribution in [0.3, 0.4) is 0 Å². The fourth-order valence-corrected chi connectivity index (χ4v) is 3.91. The maximum atomic E-state index is 13.1. The van der Waals surface area contributed by atoms with E-state index in [1.807, 2.05) is 13.8 Å². The van der Waals surface area contributed by atoms with Crippen LogP contribution in [0, 0.1) is 5.92 Å². The van der Waals surface area contributed by atoms with E-state index in [1.54, 1.807) is 37.3 Å². The van der Waals surface area contributed by atoms with Gasteiger partial charge < -0.3 is 24.5 Å². The number of Topliss-reactive ketones (excluding diaryl/α,β-unsaturated/α-hetero) is 1. The van der Waals surface area contributed by atoms with Crippen molar-refractivity contribution in [3.05, 3.63) is 65.6 Å². The number of nitrogens with one attached hydrogen (secondary N) is 1. The van der Waals surface area contributed by atoms with Gasteiger partial charge in [0.1, 0.15) is 23.8 Å². The molecule has 2 atom stereocenters. The lowest BCUT2D eigenvalue weighted by Gasteiger charge is -2.23. The quantitative estimate of drug-likeness (QED) is 0.548. The van der Waals surface area contributed by atoms with E-state index >= 15 is 0 Å². The second kappa shape index (κ2) is 13.0. The lowest BCUT2D eigenvalue weighted by Crippen LogP contribution is -2.34. The van der Waals surface area contributed by atoms with E-state index in [0.717, 1.165) is 11.8 Å². The van der Waals surface area contributed by atoms with Crippen LogP contribution in [0.2, 0.25) is 0 Å². The van der Waals surface area contributed by atoms with Crippen LogP contribution in [0.25, 0.3) is 0 Å². The summed E-state index contributed by atoms with van der Waals surface area (Å²) in [4.78, 5) is 55.9. The Morgan fingerprint density at radius 3 is 2.70 bits per heavy atom. The maximum Gasteiger partial charge on any atom is 0.355 e. The number of carbonyl (C=O) groups is 4. The number of cyclic esters (lactones) is 1. The molecule has 10 heteroatoms. The second-order valence-corrected chi connectivity index (χ2v) is 9.33. The van der Waals surface area contributed by atoms with Crippen LogP contribution in [-0.4, -0.2) is 63.9 Å². The van der Waals surface area contributed by atoms with Crippen molar-refractivity contribution in [3.8, 4) is 0 Å². The van der Waals surface area contributed by atoms with Crippen molar-refractivity contribution in [2.24, 2.45) is 5.92 Å². The molecule has 0 aliphatic carbocycles. The third kappa shape index (κ3) is 8.11. The first-order chi connectivity index (χ1) is 17.6. The minimum atomic E-state index is -1.01. The summed E-state index contributed by atoms with van der Waals surface area (Å²) in [6.07, 6.45) is 9.78. The number of esters is 1. The van der Waals surface area contributed by atoms with Gasteiger partial charge in [-0.05, 0) is 25.3 Å². The summed E-state index contributed by atoms with van der Waals surface area (Å²) in [5, 5.41) is 12.9. The summed E-state index contributed by atoms with van der Waals surface area (Å²) >= 11 is 0. The van der Waals surface area contributed by atoms with E-state index in [2.05, 4.69) is 10.3 Å². The molecule has 0 saturated heterocycles. The Morgan fingerprint density at radius 1 is 1.16 bits per heavy atom. The van der Waals surface area contributed by atoms with E-state index in [9.17, 15) is 24.3 Å². The van der Waals surface area contributed by atoms with Gasteiger partial charge in [0.15, 0.2) is 5.69 Å².